The Labute approximate surface area is 140 Å². The summed E-state index contributed by atoms with van der Waals surface area (Å²) in [5.41, 5.74) is 10.4. The average Bonchev–Trinajstić information content (AvgIpc) is 3.00. The zero-order valence-corrected chi connectivity index (χ0v) is 13.9. The minimum absolute atomic E-state index is 0.283. The first-order valence-corrected chi connectivity index (χ1v) is 8.30. The summed E-state index contributed by atoms with van der Waals surface area (Å²) in [5.74, 6) is 0.283. The zero-order chi connectivity index (χ0) is 16.4. The van der Waals surface area contributed by atoms with Gasteiger partial charge in [0.2, 0.25) is 0 Å². The number of hydrogen-bond donors (Lipinski definition) is 1. The van der Waals surface area contributed by atoms with Crippen LogP contribution in [0, 0.1) is 18.3 Å². The first kappa shape index (κ1) is 15.3. The van der Waals surface area contributed by atoms with Gasteiger partial charge in [-0.1, -0.05) is 31.2 Å². The van der Waals surface area contributed by atoms with Gasteiger partial charge in [-0.25, -0.2) is 4.98 Å². The van der Waals surface area contributed by atoms with Gasteiger partial charge >= 0.3 is 0 Å². The van der Waals surface area contributed by atoms with E-state index in [1.54, 1.807) is 11.3 Å². The minimum Gasteiger partial charge on any atom is -0.383 e. The van der Waals surface area contributed by atoms with Crippen molar-refractivity contribution in [2.45, 2.75) is 20.3 Å². The van der Waals surface area contributed by atoms with Crippen LogP contribution in [0.4, 0.5) is 5.82 Å². The van der Waals surface area contributed by atoms with Crippen molar-refractivity contribution in [1.29, 1.82) is 5.26 Å². The van der Waals surface area contributed by atoms with Gasteiger partial charge in [0.05, 0.1) is 5.69 Å². The molecule has 2 N–H and O–H groups in total. The van der Waals surface area contributed by atoms with Gasteiger partial charge in [-0.2, -0.15) is 5.26 Å². The maximum Gasteiger partial charge on any atom is 0.142 e. The number of nitriles is 1. The number of aryl methyl sites for hydroxylation is 2. The first-order valence-electron chi connectivity index (χ1n) is 7.49. The Morgan fingerprint density at radius 1 is 1.17 bits per heavy atom. The maximum absolute atomic E-state index is 9.43. The number of thiophene rings is 1. The van der Waals surface area contributed by atoms with Crippen molar-refractivity contribution in [2.75, 3.05) is 5.73 Å². The molecule has 4 heteroatoms. The number of hydrogen-bond acceptors (Lipinski definition) is 4. The van der Waals surface area contributed by atoms with E-state index in [1.165, 1.54) is 10.4 Å². The Morgan fingerprint density at radius 3 is 2.48 bits per heavy atom. The van der Waals surface area contributed by atoms with Crippen molar-refractivity contribution in [3.8, 4) is 27.8 Å². The molecule has 0 amide bonds. The van der Waals surface area contributed by atoms with Crippen molar-refractivity contribution in [1.82, 2.24) is 4.98 Å². The molecule has 0 atom stereocenters. The number of nitrogen functional groups attached to an aromatic ring is 1. The normalized spacial score (nSPS) is 10.5. The third-order valence-corrected chi connectivity index (χ3v) is 4.86. The van der Waals surface area contributed by atoms with Gasteiger partial charge in [0.15, 0.2) is 0 Å². The molecule has 0 radical (unpaired) electrons. The molecule has 0 aliphatic rings. The highest BCUT2D eigenvalue weighted by Gasteiger charge is 2.14. The molecule has 114 valence electrons. The van der Waals surface area contributed by atoms with Gasteiger partial charge < -0.3 is 5.73 Å². The SMILES string of the molecule is CCc1ccc(-c2cc(-c3ccc(C)s3)c(C#N)c(N)n2)cc1. The van der Waals surface area contributed by atoms with Gasteiger partial charge in [0, 0.05) is 20.9 Å². The van der Waals surface area contributed by atoms with Gasteiger partial charge in [0.1, 0.15) is 17.5 Å². The predicted molar refractivity (Wildman–Crippen MR) is 96.2 cm³/mol. The molecule has 0 aliphatic heterocycles. The molecule has 3 nitrogen and oxygen atoms in total. The molecule has 3 aromatic rings. The predicted octanol–water partition coefficient (Wildman–Crippen LogP) is 4.80. The van der Waals surface area contributed by atoms with Crippen molar-refractivity contribution < 1.29 is 0 Å². The lowest BCUT2D eigenvalue weighted by molar-refractivity contribution is 1.14. The Balaban J connectivity index is 2.16. The molecule has 3 rings (SSSR count). The summed E-state index contributed by atoms with van der Waals surface area (Å²) in [7, 11) is 0. The Hall–Kier alpha value is -2.64. The fourth-order valence-electron chi connectivity index (χ4n) is 2.52. The molecule has 0 saturated heterocycles. The van der Waals surface area contributed by atoms with Crippen molar-refractivity contribution >= 4 is 17.2 Å². The highest BCUT2D eigenvalue weighted by atomic mass is 32.1. The fraction of sp³-hybridized carbons (Fsp3) is 0.158. The lowest BCUT2D eigenvalue weighted by Crippen LogP contribution is -1.99. The van der Waals surface area contributed by atoms with Crippen LogP contribution in [0.25, 0.3) is 21.7 Å². The molecule has 2 heterocycles. The van der Waals surface area contributed by atoms with Gasteiger partial charge in [0.25, 0.3) is 0 Å². The largest absolute Gasteiger partial charge is 0.383 e. The van der Waals surface area contributed by atoms with Crippen molar-refractivity contribution in [3.05, 3.63) is 58.5 Å². The van der Waals surface area contributed by atoms with Crippen LogP contribution in [-0.4, -0.2) is 4.98 Å². The number of anilines is 1. The number of nitrogens with zero attached hydrogens (tertiary/aromatic N) is 2. The summed E-state index contributed by atoms with van der Waals surface area (Å²) in [6.07, 6.45) is 1.00. The molecule has 23 heavy (non-hydrogen) atoms. The number of benzene rings is 1. The van der Waals surface area contributed by atoms with E-state index in [-0.39, 0.29) is 5.82 Å². The van der Waals surface area contributed by atoms with E-state index < -0.39 is 0 Å². The van der Waals surface area contributed by atoms with E-state index in [0.29, 0.717) is 5.56 Å². The number of aromatic nitrogens is 1. The zero-order valence-electron chi connectivity index (χ0n) is 13.1. The molecular weight excluding hydrogens is 302 g/mol. The van der Waals surface area contributed by atoms with Crippen LogP contribution in [-0.2, 0) is 6.42 Å². The van der Waals surface area contributed by atoms with Crippen LogP contribution in [0.5, 0.6) is 0 Å². The van der Waals surface area contributed by atoms with Crippen LogP contribution in [0.3, 0.4) is 0 Å². The van der Waals surface area contributed by atoms with Crippen molar-refractivity contribution in [2.24, 2.45) is 0 Å². The monoisotopic (exact) mass is 319 g/mol. The molecule has 0 aliphatic carbocycles. The lowest BCUT2D eigenvalue weighted by Gasteiger charge is -2.09. The van der Waals surface area contributed by atoms with Gasteiger partial charge in [-0.05, 0) is 37.1 Å². The average molecular weight is 319 g/mol. The Morgan fingerprint density at radius 2 is 1.91 bits per heavy atom. The topological polar surface area (TPSA) is 62.7 Å². The summed E-state index contributed by atoms with van der Waals surface area (Å²) in [5, 5.41) is 9.43. The number of rotatable bonds is 3. The highest BCUT2D eigenvalue weighted by Crippen LogP contribution is 2.35. The van der Waals surface area contributed by atoms with E-state index in [9.17, 15) is 5.26 Å². The third kappa shape index (κ3) is 2.96. The van der Waals surface area contributed by atoms with E-state index in [1.807, 2.05) is 18.2 Å². The summed E-state index contributed by atoms with van der Waals surface area (Å²) in [4.78, 5) is 6.67. The second kappa shape index (κ2) is 6.23. The number of nitrogens with two attached hydrogens (primary N) is 1. The second-order valence-corrected chi connectivity index (χ2v) is 6.68. The standard InChI is InChI=1S/C19H17N3S/c1-3-13-5-7-14(8-6-13)17-10-15(16(11-20)19(21)22-17)18-9-4-12(2)23-18/h4-10H,3H2,1-2H3,(H2,21,22). The molecule has 0 bridgehead atoms. The van der Waals surface area contributed by atoms with E-state index in [0.717, 1.165) is 28.1 Å². The van der Waals surface area contributed by atoms with Gasteiger partial charge in [-0.15, -0.1) is 11.3 Å². The van der Waals surface area contributed by atoms with Crippen LogP contribution >= 0.6 is 11.3 Å². The molecular formula is C19H17N3S. The fourth-order valence-corrected chi connectivity index (χ4v) is 3.41. The summed E-state index contributed by atoms with van der Waals surface area (Å²) in [6, 6.07) is 16.5. The van der Waals surface area contributed by atoms with Crippen molar-refractivity contribution in [3.63, 3.8) is 0 Å². The van der Waals surface area contributed by atoms with E-state index >= 15 is 0 Å². The quantitative estimate of drug-likeness (QED) is 0.754. The van der Waals surface area contributed by atoms with Crippen LogP contribution < -0.4 is 5.73 Å². The molecule has 2 aromatic heterocycles. The molecule has 0 saturated carbocycles. The van der Waals surface area contributed by atoms with E-state index in [2.05, 4.69) is 49.2 Å². The molecule has 0 spiro atoms. The van der Waals surface area contributed by atoms with Crippen LogP contribution in [0.1, 0.15) is 22.9 Å². The molecule has 0 fully saturated rings. The summed E-state index contributed by atoms with van der Waals surface area (Å²) in [6.45, 7) is 4.18. The Kier molecular flexibility index (Phi) is 4.14. The lowest BCUT2D eigenvalue weighted by atomic mass is 10.0. The highest BCUT2D eigenvalue weighted by molar-refractivity contribution is 7.15. The number of pyridine rings is 1. The summed E-state index contributed by atoms with van der Waals surface area (Å²) < 4.78 is 0. The molecule has 1 aromatic carbocycles. The second-order valence-electron chi connectivity index (χ2n) is 5.39. The smallest absolute Gasteiger partial charge is 0.142 e. The molecule has 0 unspecified atom stereocenters. The Bertz CT molecular complexity index is 886. The summed E-state index contributed by atoms with van der Waals surface area (Å²) >= 11 is 1.65. The maximum atomic E-state index is 9.43. The first-order chi connectivity index (χ1) is 11.1. The van der Waals surface area contributed by atoms with Crippen LogP contribution in [0.2, 0.25) is 0 Å². The third-order valence-electron chi connectivity index (χ3n) is 3.82. The minimum atomic E-state index is 0.283. The van der Waals surface area contributed by atoms with Crippen LogP contribution in [0.15, 0.2) is 42.5 Å². The van der Waals surface area contributed by atoms with Gasteiger partial charge in [-0.3, -0.25) is 0 Å². The van der Waals surface area contributed by atoms with E-state index in [4.69, 9.17) is 5.73 Å².